The molecule has 0 aromatic carbocycles. The zero-order chi connectivity index (χ0) is 10.4. The predicted octanol–water partition coefficient (Wildman–Crippen LogP) is 2.82. The zero-order valence-corrected chi connectivity index (χ0v) is 9.64. The van der Waals surface area contributed by atoms with Crippen molar-refractivity contribution in [1.82, 2.24) is 9.97 Å². The molecule has 0 amide bonds. The fourth-order valence-corrected chi connectivity index (χ4v) is 2.73. The number of nitrogens with one attached hydrogen (secondary N) is 1. The summed E-state index contributed by atoms with van der Waals surface area (Å²) in [5.74, 6) is 1.79. The fourth-order valence-electron chi connectivity index (χ4n) is 1.77. The average Bonchev–Trinajstić information content (AvgIpc) is 2.77. The largest absolute Gasteiger partial charge is 0.366 e. The zero-order valence-electron chi connectivity index (χ0n) is 8.82. The van der Waals surface area contributed by atoms with Crippen molar-refractivity contribution in [2.75, 3.05) is 5.32 Å². The third-order valence-corrected chi connectivity index (χ3v) is 4.06. The molecule has 3 rings (SSSR count). The Hall–Kier alpha value is -1.16. The van der Waals surface area contributed by atoms with Crippen molar-refractivity contribution in [3.8, 4) is 0 Å². The minimum absolute atomic E-state index is 0.616. The summed E-state index contributed by atoms with van der Waals surface area (Å²) in [5, 5.41) is 5.62. The Bertz CT molecular complexity index is 506. The molecule has 2 heterocycles. The second-order valence-electron chi connectivity index (χ2n) is 4.28. The highest BCUT2D eigenvalue weighted by Gasteiger charge is 2.33. The van der Waals surface area contributed by atoms with E-state index < -0.39 is 0 Å². The predicted molar refractivity (Wildman–Crippen MR) is 63.3 cm³/mol. The van der Waals surface area contributed by atoms with Crippen LogP contribution in [0.2, 0.25) is 0 Å². The molecular weight excluding hydrogens is 206 g/mol. The summed E-state index contributed by atoms with van der Waals surface area (Å²) in [6, 6.07) is 0.616. The molecule has 0 bridgehead atoms. The molecule has 78 valence electrons. The molecule has 1 saturated carbocycles. The lowest BCUT2D eigenvalue weighted by Gasteiger charge is -2.04. The molecule has 2 aromatic heterocycles. The normalized spacial score (nSPS) is 24.4. The van der Waals surface area contributed by atoms with Crippen molar-refractivity contribution in [2.45, 2.75) is 26.3 Å². The van der Waals surface area contributed by atoms with Crippen molar-refractivity contribution >= 4 is 27.4 Å². The Morgan fingerprint density at radius 2 is 2.27 bits per heavy atom. The van der Waals surface area contributed by atoms with Crippen LogP contribution in [-0.2, 0) is 0 Å². The molecule has 1 N–H and O–H groups in total. The van der Waals surface area contributed by atoms with Gasteiger partial charge in [0.25, 0.3) is 0 Å². The first-order valence-electron chi connectivity index (χ1n) is 5.21. The minimum atomic E-state index is 0.616. The molecule has 2 aromatic rings. The van der Waals surface area contributed by atoms with Crippen LogP contribution in [0.1, 0.15) is 18.9 Å². The average molecular weight is 219 g/mol. The third-order valence-electron chi connectivity index (χ3n) is 2.96. The molecule has 1 fully saturated rings. The molecule has 0 radical (unpaired) electrons. The maximum Gasteiger partial charge on any atom is 0.147 e. The number of rotatable bonds is 2. The first-order chi connectivity index (χ1) is 7.25. The second-order valence-corrected chi connectivity index (χ2v) is 5.16. The highest BCUT2D eigenvalue weighted by Crippen LogP contribution is 2.35. The van der Waals surface area contributed by atoms with E-state index in [9.17, 15) is 0 Å². The van der Waals surface area contributed by atoms with Crippen molar-refractivity contribution in [3.05, 3.63) is 17.3 Å². The number of thiophene rings is 1. The van der Waals surface area contributed by atoms with Gasteiger partial charge in [-0.15, -0.1) is 11.3 Å². The van der Waals surface area contributed by atoms with Gasteiger partial charge in [0.2, 0.25) is 0 Å². The number of anilines is 1. The molecule has 4 heteroatoms. The summed E-state index contributed by atoms with van der Waals surface area (Å²) < 4.78 is 1.19. The molecular formula is C11H13N3S. The van der Waals surface area contributed by atoms with Gasteiger partial charge in [0.15, 0.2) is 0 Å². The van der Waals surface area contributed by atoms with E-state index in [2.05, 4.69) is 34.5 Å². The summed E-state index contributed by atoms with van der Waals surface area (Å²) in [6.45, 7) is 4.35. The van der Waals surface area contributed by atoms with E-state index in [1.165, 1.54) is 16.7 Å². The Balaban J connectivity index is 2.02. The van der Waals surface area contributed by atoms with Crippen LogP contribution in [0.25, 0.3) is 10.2 Å². The van der Waals surface area contributed by atoms with Gasteiger partial charge in [-0.2, -0.15) is 0 Å². The summed E-state index contributed by atoms with van der Waals surface area (Å²) in [7, 11) is 0. The summed E-state index contributed by atoms with van der Waals surface area (Å²) in [6.07, 6.45) is 2.91. The molecule has 2 unspecified atom stereocenters. The van der Waals surface area contributed by atoms with Crippen LogP contribution in [0.15, 0.2) is 11.7 Å². The van der Waals surface area contributed by atoms with Crippen LogP contribution < -0.4 is 5.32 Å². The van der Waals surface area contributed by atoms with Gasteiger partial charge in [0, 0.05) is 6.04 Å². The topological polar surface area (TPSA) is 37.8 Å². The summed E-state index contributed by atoms with van der Waals surface area (Å²) >= 11 is 1.72. The monoisotopic (exact) mass is 219 g/mol. The number of hydrogen-bond acceptors (Lipinski definition) is 4. The van der Waals surface area contributed by atoms with E-state index >= 15 is 0 Å². The Morgan fingerprint density at radius 1 is 1.47 bits per heavy atom. The van der Waals surface area contributed by atoms with E-state index in [0.29, 0.717) is 6.04 Å². The number of fused-ring (bicyclic) bond motifs is 1. The van der Waals surface area contributed by atoms with Gasteiger partial charge in [-0.25, -0.2) is 9.97 Å². The Labute approximate surface area is 92.6 Å². The number of nitrogens with zero attached hydrogens (tertiary/aromatic N) is 2. The van der Waals surface area contributed by atoms with Gasteiger partial charge in [0.1, 0.15) is 12.1 Å². The van der Waals surface area contributed by atoms with Crippen LogP contribution in [0.3, 0.4) is 0 Å². The van der Waals surface area contributed by atoms with E-state index in [1.807, 2.05) is 0 Å². The lowest BCUT2D eigenvalue weighted by atomic mass is 10.3. The fraction of sp³-hybridized carbons (Fsp3) is 0.455. The molecule has 0 aliphatic heterocycles. The van der Waals surface area contributed by atoms with Crippen LogP contribution in [0.5, 0.6) is 0 Å². The smallest absolute Gasteiger partial charge is 0.147 e. The number of aryl methyl sites for hydroxylation is 1. The van der Waals surface area contributed by atoms with Crippen LogP contribution >= 0.6 is 11.3 Å². The maximum absolute atomic E-state index is 4.32. The van der Waals surface area contributed by atoms with Crippen molar-refractivity contribution < 1.29 is 0 Å². The quantitative estimate of drug-likeness (QED) is 0.844. The van der Waals surface area contributed by atoms with E-state index in [4.69, 9.17) is 0 Å². The molecule has 2 atom stereocenters. The van der Waals surface area contributed by atoms with E-state index in [1.54, 1.807) is 17.7 Å². The summed E-state index contributed by atoms with van der Waals surface area (Å²) in [5.41, 5.74) is 2.33. The molecule has 1 aliphatic rings. The van der Waals surface area contributed by atoms with Crippen LogP contribution in [0.4, 0.5) is 5.82 Å². The van der Waals surface area contributed by atoms with Gasteiger partial charge < -0.3 is 5.32 Å². The number of aromatic nitrogens is 2. The molecule has 0 spiro atoms. The summed E-state index contributed by atoms with van der Waals surface area (Å²) in [4.78, 5) is 8.63. The number of hydrogen-bond donors (Lipinski definition) is 1. The SMILES string of the molecule is Cc1csc2c(NC3CC3C)ncnc12. The maximum atomic E-state index is 4.32. The van der Waals surface area contributed by atoms with E-state index in [-0.39, 0.29) is 0 Å². The molecule has 1 aliphatic carbocycles. The lowest BCUT2D eigenvalue weighted by molar-refractivity contribution is 0.924. The molecule has 3 nitrogen and oxygen atoms in total. The minimum Gasteiger partial charge on any atom is -0.366 e. The Morgan fingerprint density at radius 3 is 3.00 bits per heavy atom. The molecule has 0 saturated heterocycles. The second kappa shape index (κ2) is 3.17. The molecule has 15 heavy (non-hydrogen) atoms. The van der Waals surface area contributed by atoms with Crippen molar-refractivity contribution in [1.29, 1.82) is 0 Å². The van der Waals surface area contributed by atoms with E-state index in [0.717, 1.165) is 17.3 Å². The third kappa shape index (κ3) is 1.49. The first kappa shape index (κ1) is 9.09. The van der Waals surface area contributed by atoms with Gasteiger partial charge in [-0.3, -0.25) is 0 Å². The van der Waals surface area contributed by atoms with Gasteiger partial charge in [-0.1, -0.05) is 6.92 Å². The highest BCUT2D eigenvalue weighted by atomic mass is 32.1. The highest BCUT2D eigenvalue weighted by molar-refractivity contribution is 7.18. The van der Waals surface area contributed by atoms with Crippen LogP contribution in [0, 0.1) is 12.8 Å². The Kier molecular flexibility index (Phi) is 1.92. The van der Waals surface area contributed by atoms with Crippen molar-refractivity contribution in [3.63, 3.8) is 0 Å². The van der Waals surface area contributed by atoms with Gasteiger partial charge in [-0.05, 0) is 30.2 Å². The standard InChI is InChI=1S/C11H13N3S/c1-6-3-8(6)14-11-10-9(12-5-13-11)7(2)4-15-10/h4-6,8H,3H2,1-2H3,(H,12,13,14). The van der Waals surface area contributed by atoms with Crippen molar-refractivity contribution in [2.24, 2.45) is 5.92 Å². The van der Waals surface area contributed by atoms with Gasteiger partial charge >= 0.3 is 0 Å². The lowest BCUT2D eigenvalue weighted by Crippen LogP contribution is -2.05. The van der Waals surface area contributed by atoms with Gasteiger partial charge in [0.05, 0.1) is 10.2 Å². The van der Waals surface area contributed by atoms with Crippen LogP contribution in [-0.4, -0.2) is 16.0 Å². The first-order valence-corrected chi connectivity index (χ1v) is 6.09.